The molecule has 11 heteroatoms. The highest BCUT2D eigenvalue weighted by molar-refractivity contribution is 5.79. The zero-order chi connectivity index (χ0) is 20.2. The lowest BCUT2D eigenvalue weighted by atomic mass is 9.92. The Kier molecular flexibility index (Phi) is 6.82. The van der Waals surface area contributed by atoms with Crippen LogP contribution in [0.2, 0.25) is 0 Å². The van der Waals surface area contributed by atoms with Gasteiger partial charge in [0.1, 0.15) is 5.76 Å². The average Bonchev–Trinajstić information content (AvgIpc) is 2.79. The van der Waals surface area contributed by atoms with Crippen LogP contribution in [-0.4, -0.2) is 65.6 Å². The Morgan fingerprint density at radius 2 is 2.07 bits per heavy atom. The first-order valence-electron chi connectivity index (χ1n) is 8.43. The lowest BCUT2D eigenvalue weighted by molar-refractivity contribution is -0.192. The Morgan fingerprint density at radius 1 is 1.41 bits per heavy atom. The van der Waals surface area contributed by atoms with E-state index in [2.05, 4.69) is 15.4 Å². The van der Waals surface area contributed by atoms with Gasteiger partial charge in [-0.15, -0.1) is 0 Å². The van der Waals surface area contributed by atoms with Crippen molar-refractivity contribution >= 4 is 11.9 Å². The molecule has 2 atom stereocenters. The average molecular weight is 393 g/mol. The first-order chi connectivity index (χ1) is 12.6. The number of rotatable bonds is 2. The molecular weight excluding hydrogens is 371 g/mol. The lowest BCUT2D eigenvalue weighted by Crippen LogP contribution is -2.48. The number of aliphatic carboxylic acids is 1. The van der Waals surface area contributed by atoms with Gasteiger partial charge in [-0.2, -0.15) is 13.2 Å². The quantitative estimate of drug-likeness (QED) is 0.779. The van der Waals surface area contributed by atoms with Gasteiger partial charge in [-0.25, -0.2) is 4.79 Å². The molecule has 0 aromatic carbocycles. The number of carboxylic acid groups (broad SMARTS) is 1. The first-order valence-corrected chi connectivity index (χ1v) is 8.43. The van der Waals surface area contributed by atoms with Crippen LogP contribution >= 0.6 is 0 Å². The third-order valence-corrected chi connectivity index (χ3v) is 4.52. The number of likely N-dealkylation sites (tertiary alicyclic amines) is 1. The molecule has 0 radical (unpaired) electrons. The Morgan fingerprint density at radius 3 is 2.63 bits per heavy atom. The van der Waals surface area contributed by atoms with Crippen molar-refractivity contribution in [3.63, 3.8) is 0 Å². The minimum atomic E-state index is -5.08. The number of nitrogens with one attached hydrogen (secondary N) is 1. The molecule has 1 aromatic heterocycles. The number of nitrogens with zero attached hydrogens (tertiary/aromatic N) is 2. The molecule has 0 bridgehead atoms. The molecule has 0 aliphatic carbocycles. The minimum Gasteiger partial charge on any atom is -0.475 e. The van der Waals surface area contributed by atoms with Crippen LogP contribution in [0.3, 0.4) is 0 Å². The second kappa shape index (κ2) is 8.70. The fourth-order valence-corrected chi connectivity index (χ4v) is 3.06. The van der Waals surface area contributed by atoms with E-state index >= 15 is 0 Å². The standard InChI is InChI=1S/C14H21N3O3.C2HF3O2/c1-9-12(10(2)20-16-9)7-17-5-3-11-13(8-17)19-6-4-15-14(11)18;3-2(4,5)1(6)7/h11,13H,3-8H2,1-2H3,(H,15,18);(H,6,7)/t11-,13+;/m1./s1. The van der Waals surface area contributed by atoms with Gasteiger partial charge >= 0.3 is 12.1 Å². The number of piperidine rings is 1. The number of fused-ring (bicyclic) bond motifs is 1. The summed E-state index contributed by atoms with van der Waals surface area (Å²) in [5.41, 5.74) is 2.10. The number of carbonyl (C=O) groups is 2. The Balaban J connectivity index is 0.000000321. The number of ether oxygens (including phenoxy) is 1. The van der Waals surface area contributed by atoms with Gasteiger partial charge < -0.3 is 19.7 Å². The first kappa shape index (κ1) is 21.2. The topological polar surface area (TPSA) is 105 Å². The summed E-state index contributed by atoms with van der Waals surface area (Å²) in [5, 5.41) is 14.0. The highest BCUT2D eigenvalue weighted by Gasteiger charge is 2.38. The highest BCUT2D eigenvalue weighted by atomic mass is 19.4. The van der Waals surface area contributed by atoms with Crippen LogP contribution < -0.4 is 5.32 Å². The molecule has 2 fully saturated rings. The van der Waals surface area contributed by atoms with E-state index in [-0.39, 0.29) is 17.9 Å². The second-order valence-electron chi connectivity index (χ2n) is 6.44. The van der Waals surface area contributed by atoms with E-state index in [1.54, 1.807) is 0 Å². The van der Waals surface area contributed by atoms with Gasteiger partial charge in [0, 0.05) is 25.2 Å². The van der Waals surface area contributed by atoms with Crippen LogP contribution in [0, 0.1) is 19.8 Å². The molecule has 3 heterocycles. The maximum absolute atomic E-state index is 11.9. The number of aryl methyl sites for hydroxylation is 2. The predicted octanol–water partition coefficient (Wildman–Crippen LogP) is 1.26. The van der Waals surface area contributed by atoms with Gasteiger partial charge in [-0.1, -0.05) is 5.16 Å². The monoisotopic (exact) mass is 393 g/mol. The third-order valence-electron chi connectivity index (χ3n) is 4.52. The molecule has 0 unspecified atom stereocenters. The predicted molar refractivity (Wildman–Crippen MR) is 85.8 cm³/mol. The largest absolute Gasteiger partial charge is 0.490 e. The van der Waals surface area contributed by atoms with E-state index < -0.39 is 12.1 Å². The van der Waals surface area contributed by atoms with Crippen molar-refractivity contribution in [3.05, 3.63) is 17.0 Å². The number of hydrogen-bond donors (Lipinski definition) is 2. The maximum atomic E-state index is 11.9. The lowest BCUT2D eigenvalue weighted by Gasteiger charge is -2.36. The minimum absolute atomic E-state index is 0.00146. The number of carbonyl (C=O) groups excluding carboxylic acids is 1. The fraction of sp³-hybridized carbons (Fsp3) is 0.688. The molecule has 2 N–H and O–H groups in total. The normalized spacial score (nSPS) is 23.5. The highest BCUT2D eigenvalue weighted by Crippen LogP contribution is 2.25. The van der Waals surface area contributed by atoms with Crippen molar-refractivity contribution in [1.29, 1.82) is 0 Å². The van der Waals surface area contributed by atoms with Gasteiger partial charge in [0.2, 0.25) is 5.91 Å². The molecule has 8 nitrogen and oxygen atoms in total. The molecule has 2 saturated heterocycles. The van der Waals surface area contributed by atoms with Gasteiger partial charge in [-0.3, -0.25) is 9.69 Å². The van der Waals surface area contributed by atoms with E-state index in [1.165, 1.54) is 0 Å². The van der Waals surface area contributed by atoms with Crippen LogP contribution in [-0.2, 0) is 20.9 Å². The van der Waals surface area contributed by atoms with E-state index in [1.807, 2.05) is 13.8 Å². The summed E-state index contributed by atoms with van der Waals surface area (Å²) in [6.07, 6.45) is -4.23. The Bertz CT molecular complexity index is 657. The molecule has 27 heavy (non-hydrogen) atoms. The van der Waals surface area contributed by atoms with E-state index in [0.29, 0.717) is 13.2 Å². The number of hydrogen-bond acceptors (Lipinski definition) is 6. The van der Waals surface area contributed by atoms with Crippen LogP contribution in [0.15, 0.2) is 4.52 Å². The van der Waals surface area contributed by atoms with Gasteiger partial charge in [-0.05, 0) is 26.8 Å². The van der Waals surface area contributed by atoms with Gasteiger partial charge in [0.15, 0.2) is 0 Å². The van der Waals surface area contributed by atoms with Crippen molar-refractivity contribution in [2.24, 2.45) is 5.92 Å². The van der Waals surface area contributed by atoms with Gasteiger partial charge in [0.05, 0.1) is 24.3 Å². The Hall–Kier alpha value is -2.14. The zero-order valence-electron chi connectivity index (χ0n) is 15.0. The van der Waals surface area contributed by atoms with Crippen molar-refractivity contribution < 1.29 is 37.1 Å². The van der Waals surface area contributed by atoms with Crippen LogP contribution in [0.5, 0.6) is 0 Å². The van der Waals surface area contributed by atoms with Gasteiger partial charge in [0.25, 0.3) is 0 Å². The number of aromatic nitrogens is 1. The van der Waals surface area contributed by atoms with Crippen molar-refractivity contribution in [2.45, 2.75) is 39.1 Å². The van der Waals surface area contributed by atoms with Crippen molar-refractivity contribution in [1.82, 2.24) is 15.4 Å². The summed E-state index contributed by atoms with van der Waals surface area (Å²) in [6.45, 7) is 7.65. The van der Waals surface area contributed by atoms with Crippen LogP contribution in [0.25, 0.3) is 0 Å². The molecule has 152 valence electrons. The zero-order valence-corrected chi connectivity index (χ0v) is 15.0. The van der Waals surface area contributed by atoms with E-state index in [0.717, 1.165) is 43.1 Å². The summed E-state index contributed by atoms with van der Waals surface area (Å²) < 4.78 is 42.8. The number of amides is 1. The number of alkyl halides is 3. The molecule has 2 aliphatic rings. The van der Waals surface area contributed by atoms with Crippen molar-refractivity contribution in [2.75, 3.05) is 26.2 Å². The molecule has 1 aromatic rings. The molecular formula is C16H22F3N3O5. The van der Waals surface area contributed by atoms with Crippen molar-refractivity contribution in [3.8, 4) is 0 Å². The van der Waals surface area contributed by atoms with Crippen LogP contribution in [0.1, 0.15) is 23.4 Å². The summed E-state index contributed by atoms with van der Waals surface area (Å²) in [6, 6.07) is 0. The molecule has 2 aliphatic heterocycles. The second-order valence-corrected chi connectivity index (χ2v) is 6.44. The molecule has 0 spiro atoms. The Labute approximate surface area is 153 Å². The SMILES string of the molecule is Cc1noc(C)c1CN1CC[C@H]2C(=O)NCCO[C@H]2C1.O=C(O)C(F)(F)F. The third kappa shape index (κ3) is 5.67. The molecule has 0 saturated carbocycles. The summed E-state index contributed by atoms with van der Waals surface area (Å²) >= 11 is 0. The summed E-state index contributed by atoms with van der Waals surface area (Å²) in [7, 11) is 0. The number of halogens is 3. The number of carboxylic acids is 1. The summed E-state index contributed by atoms with van der Waals surface area (Å²) in [4.78, 5) is 23.2. The summed E-state index contributed by atoms with van der Waals surface area (Å²) in [5.74, 6) is -1.74. The van der Waals surface area contributed by atoms with E-state index in [4.69, 9.17) is 19.2 Å². The maximum Gasteiger partial charge on any atom is 0.490 e. The molecule has 1 amide bonds. The van der Waals surface area contributed by atoms with Crippen LogP contribution in [0.4, 0.5) is 13.2 Å². The van der Waals surface area contributed by atoms with E-state index in [9.17, 15) is 18.0 Å². The molecule has 3 rings (SSSR count). The smallest absolute Gasteiger partial charge is 0.475 e. The fourth-order valence-electron chi connectivity index (χ4n) is 3.06.